The van der Waals surface area contributed by atoms with Gasteiger partial charge in [0.25, 0.3) is 0 Å². The molecule has 94 valence electrons. The summed E-state index contributed by atoms with van der Waals surface area (Å²) in [5, 5.41) is 8.57. The number of halogens is 3. The number of carbonyl (C=O) groups excluding carboxylic acids is 1. The number of thioether (sulfide) groups is 1. The van der Waals surface area contributed by atoms with Gasteiger partial charge in [-0.25, -0.2) is 0 Å². The number of rotatable bonds is 5. The van der Waals surface area contributed by atoms with Crippen LogP contribution in [0.5, 0.6) is 0 Å². The first-order chi connectivity index (χ1) is 7.99. The maximum absolute atomic E-state index is 12.6. The average molecular weight is 264 g/mol. The van der Waals surface area contributed by atoms with Gasteiger partial charge < -0.3 is 5.11 Å². The fourth-order valence-corrected chi connectivity index (χ4v) is 2.10. The van der Waals surface area contributed by atoms with Gasteiger partial charge in [-0.15, -0.1) is 11.8 Å². The number of carbonyl (C=O) groups is 1. The molecule has 0 amide bonds. The molecule has 0 radical (unpaired) electrons. The molecule has 0 atom stereocenters. The van der Waals surface area contributed by atoms with E-state index in [1.165, 1.54) is 17.8 Å². The Kier molecular flexibility index (Phi) is 5.02. The molecule has 2 nitrogen and oxygen atoms in total. The molecule has 1 aromatic carbocycles. The third-order valence-corrected chi connectivity index (χ3v) is 3.11. The zero-order valence-electron chi connectivity index (χ0n) is 8.83. The van der Waals surface area contributed by atoms with Crippen LogP contribution in [-0.2, 0) is 6.18 Å². The molecule has 0 heterocycles. The summed E-state index contributed by atoms with van der Waals surface area (Å²) in [7, 11) is 0. The third-order valence-electron chi connectivity index (χ3n) is 2.03. The molecule has 17 heavy (non-hydrogen) atoms. The first-order valence-electron chi connectivity index (χ1n) is 4.89. The Balaban J connectivity index is 2.93. The minimum atomic E-state index is -4.52. The van der Waals surface area contributed by atoms with Crippen LogP contribution in [0.25, 0.3) is 0 Å². The number of aliphatic hydroxyl groups excluding tert-OH is 1. The summed E-state index contributed by atoms with van der Waals surface area (Å²) < 4.78 is 37.8. The lowest BCUT2D eigenvalue weighted by molar-refractivity contribution is -0.138. The van der Waals surface area contributed by atoms with E-state index in [1.54, 1.807) is 0 Å². The SMILES string of the molecule is O=Cc1ccc(SCCCO)cc1C(F)(F)F. The van der Waals surface area contributed by atoms with Gasteiger partial charge in [-0.3, -0.25) is 4.79 Å². The van der Waals surface area contributed by atoms with Crippen molar-refractivity contribution in [2.75, 3.05) is 12.4 Å². The van der Waals surface area contributed by atoms with E-state index in [0.717, 1.165) is 12.1 Å². The van der Waals surface area contributed by atoms with Crippen LogP contribution in [0.1, 0.15) is 22.3 Å². The van der Waals surface area contributed by atoms with Crippen LogP contribution in [0.4, 0.5) is 13.2 Å². The van der Waals surface area contributed by atoms with Gasteiger partial charge in [0.05, 0.1) is 5.56 Å². The van der Waals surface area contributed by atoms with Crippen molar-refractivity contribution in [1.82, 2.24) is 0 Å². The topological polar surface area (TPSA) is 37.3 Å². The maximum Gasteiger partial charge on any atom is 0.417 e. The molecule has 0 saturated heterocycles. The maximum atomic E-state index is 12.6. The van der Waals surface area contributed by atoms with Gasteiger partial charge in [0, 0.05) is 22.8 Å². The molecule has 0 unspecified atom stereocenters. The standard InChI is InChI=1S/C11H11F3O2S/c12-11(13,14)10-6-9(17-5-1-4-15)3-2-8(10)7-16/h2-3,6-7,15H,1,4-5H2. The molecular weight excluding hydrogens is 253 g/mol. The molecule has 0 aromatic heterocycles. The molecule has 0 saturated carbocycles. The van der Waals surface area contributed by atoms with Crippen LogP contribution >= 0.6 is 11.8 Å². The highest BCUT2D eigenvalue weighted by Gasteiger charge is 2.33. The van der Waals surface area contributed by atoms with Gasteiger partial charge in [0.1, 0.15) is 0 Å². The second-order valence-corrected chi connectivity index (χ2v) is 4.46. The monoisotopic (exact) mass is 264 g/mol. The Hall–Kier alpha value is -1.01. The fraction of sp³-hybridized carbons (Fsp3) is 0.364. The summed E-state index contributed by atoms with van der Waals surface area (Å²) in [6.07, 6.45) is -3.81. The van der Waals surface area contributed by atoms with Gasteiger partial charge in [0.15, 0.2) is 6.29 Å². The third kappa shape index (κ3) is 4.05. The quantitative estimate of drug-likeness (QED) is 0.504. The molecule has 1 N–H and O–H groups in total. The predicted octanol–water partition coefficient (Wildman–Crippen LogP) is 2.99. The lowest BCUT2D eigenvalue weighted by Gasteiger charge is -2.11. The lowest BCUT2D eigenvalue weighted by Crippen LogP contribution is -2.09. The van der Waals surface area contributed by atoms with Gasteiger partial charge in [-0.1, -0.05) is 0 Å². The van der Waals surface area contributed by atoms with Gasteiger partial charge >= 0.3 is 6.18 Å². The predicted molar refractivity (Wildman–Crippen MR) is 59.3 cm³/mol. The van der Waals surface area contributed by atoms with Gasteiger partial charge in [0.2, 0.25) is 0 Å². The van der Waals surface area contributed by atoms with Gasteiger partial charge in [-0.2, -0.15) is 13.2 Å². The molecule has 0 aliphatic heterocycles. The Morgan fingerprint density at radius 2 is 2.06 bits per heavy atom. The smallest absolute Gasteiger partial charge is 0.396 e. The van der Waals surface area contributed by atoms with E-state index in [9.17, 15) is 18.0 Å². The average Bonchev–Trinajstić information content (AvgIpc) is 2.28. The zero-order chi connectivity index (χ0) is 12.9. The van der Waals surface area contributed by atoms with E-state index in [2.05, 4.69) is 0 Å². The van der Waals surface area contributed by atoms with Crippen LogP contribution in [-0.4, -0.2) is 23.8 Å². The normalized spacial score (nSPS) is 11.5. The number of hydrogen-bond donors (Lipinski definition) is 1. The highest BCUT2D eigenvalue weighted by atomic mass is 32.2. The van der Waals surface area contributed by atoms with Crippen LogP contribution < -0.4 is 0 Å². The van der Waals surface area contributed by atoms with Crippen molar-refractivity contribution < 1.29 is 23.1 Å². The molecule has 1 aromatic rings. The molecule has 0 aliphatic carbocycles. The van der Waals surface area contributed by atoms with Crippen LogP contribution in [0.15, 0.2) is 23.1 Å². The van der Waals surface area contributed by atoms with Gasteiger partial charge in [-0.05, 0) is 24.6 Å². The van der Waals surface area contributed by atoms with E-state index in [-0.39, 0.29) is 18.5 Å². The Morgan fingerprint density at radius 1 is 1.35 bits per heavy atom. The molecular formula is C11H11F3O2S. The van der Waals surface area contributed by atoms with Crippen LogP contribution in [0.2, 0.25) is 0 Å². The minimum absolute atomic E-state index is 0.00551. The zero-order valence-corrected chi connectivity index (χ0v) is 9.64. The number of aldehydes is 1. The summed E-state index contributed by atoms with van der Waals surface area (Å²) in [5.41, 5.74) is -1.27. The largest absolute Gasteiger partial charge is 0.417 e. The Labute approximate surface area is 101 Å². The number of hydrogen-bond acceptors (Lipinski definition) is 3. The van der Waals surface area contributed by atoms with Crippen molar-refractivity contribution >= 4 is 18.0 Å². The number of alkyl halides is 3. The summed E-state index contributed by atoms with van der Waals surface area (Å²) >= 11 is 1.22. The molecule has 1 rings (SSSR count). The van der Waals surface area contributed by atoms with Crippen molar-refractivity contribution in [2.45, 2.75) is 17.5 Å². The van der Waals surface area contributed by atoms with Crippen molar-refractivity contribution in [2.24, 2.45) is 0 Å². The second-order valence-electron chi connectivity index (χ2n) is 3.29. The fourth-order valence-electron chi connectivity index (χ4n) is 1.23. The first kappa shape index (κ1) is 14.1. The molecule has 0 bridgehead atoms. The summed E-state index contributed by atoms with van der Waals surface area (Å²) in [6.45, 7) is 0.00551. The number of benzene rings is 1. The molecule has 0 spiro atoms. The summed E-state index contributed by atoms with van der Waals surface area (Å²) in [4.78, 5) is 10.9. The van der Waals surface area contributed by atoms with E-state index < -0.39 is 11.7 Å². The number of aliphatic hydroxyl groups is 1. The van der Waals surface area contributed by atoms with Crippen LogP contribution in [0, 0.1) is 0 Å². The van der Waals surface area contributed by atoms with E-state index in [1.807, 2.05) is 0 Å². The van der Waals surface area contributed by atoms with E-state index in [0.29, 0.717) is 17.1 Å². The Bertz CT molecular complexity index is 391. The van der Waals surface area contributed by atoms with Crippen molar-refractivity contribution in [3.8, 4) is 0 Å². The summed E-state index contributed by atoms with van der Waals surface area (Å²) in [6, 6.07) is 3.60. The lowest BCUT2D eigenvalue weighted by atomic mass is 10.1. The first-order valence-corrected chi connectivity index (χ1v) is 5.87. The van der Waals surface area contributed by atoms with E-state index >= 15 is 0 Å². The summed E-state index contributed by atoms with van der Waals surface area (Å²) in [5.74, 6) is 0.536. The highest BCUT2D eigenvalue weighted by Crippen LogP contribution is 2.34. The molecule has 0 fully saturated rings. The highest BCUT2D eigenvalue weighted by molar-refractivity contribution is 7.99. The molecule has 0 aliphatic rings. The van der Waals surface area contributed by atoms with Crippen molar-refractivity contribution in [3.63, 3.8) is 0 Å². The van der Waals surface area contributed by atoms with Crippen molar-refractivity contribution in [1.29, 1.82) is 0 Å². The van der Waals surface area contributed by atoms with Crippen molar-refractivity contribution in [3.05, 3.63) is 29.3 Å². The second kappa shape index (κ2) is 6.07. The Morgan fingerprint density at radius 3 is 2.59 bits per heavy atom. The van der Waals surface area contributed by atoms with E-state index in [4.69, 9.17) is 5.11 Å². The minimum Gasteiger partial charge on any atom is -0.396 e. The van der Waals surface area contributed by atoms with Crippen LogP contribution in [0.3, 0.4) is 0 Å². The molecule has 6 heteroatoms.